The molecular weight excluding hydrogens is 540 g/mol. The molecule has 5 nitrogen and oxygen atoms in total. The molecule has 8 atom stereocenters. The normalized spacial score (nSPS) is 41.3. The topological polar surface area (TPSA) is 52.2 Å². The Bertz CT molecular complexity index is 1620. The Labute approximate surface area is 255 Å². The van der Waals surface area contributed by atoms with Crippen LogP contribution in [0.4, 0.5) is 0 Å². The van der Waals surface area contributed by atoms with Crippen LogP contribution in [-0.4, -0.2) is 74.4 Å². The number of quaternary nitrogens is 1. The number of piperidine rings is 1. The number of nitrogens with zero attached hydrogens (tertiary/aromatic N) is 3. The molecule has 2 aromatic heterocycles. The van der Waals surface area contributed by atoms with Gasteiger partial charge in [-0.3, -0.25) is 4.98 Å². The molecule has 5 aliphatic heterocycles. The summed E-state index contributed by atoms with van der Waals surface area (Å²) in [6, 6.07) is 12.2. The van der Waals surface area contributed by atoms with E-state index in [1.807, 2.05) is 6.20 Å². The van der Waals surface area contributed by atoms with Crippen LogP contribution in [0.15, 0.2) is 66.9 Å². The van der Waals surface area contributed by atoms with Gasteiger partial charge in [0.05, 0.1) is 23.2 Å². The molecule has 0 radical (unpaired) electrons. The lowest BCUT2D eigenvalue weighted by Crippen LogP contribution is -3.00. The van der Waals surface area contributed by atoms with Crippen LogP contribution in [0.25, 0.3) is 27.4 Å². The summed E-state index contributed by atoms with van der Waals surface area (Å²) < 4.78 is 1.12. The third kappa shape index (κ3) is 3.57. The number of rotatable bonds is 1. The Hall–Kier alpha value is -2.44. The minimum Gasteiger partial charge on any atom is -1.00 e. The minimum absolute atomic E-state index is 0. The highest BCUT2D eigenvalue weighted by atomic mass is 35.5. The summed E-state index contributed by atoms with van der Waals surface area (Å²) in [4.78, 5) is 11.7. The number of pyridine rings is 1. The number of hydrogen-bond donors (Lipinski definition) is 2. The van der Waals surface area contributed by atoms with E-state index in [0.717, 1.165) is 54.5 Å². The van der Waals surface area contributed by atoms with E-state index in [4.69, 9.17) is 4.98 Å². The standard InChI is InChI=1S/C36H43N4O.ClH/c41-36-17-7-3-1-2-4-8-19-39-20-16-30(35(24-39)22-26-14-13-25-10-9-21-40(25,26)34(35)36)29(23-36)32-33-28(15-18-37-32)27-11-5-6-12-31(27)38-33;/h1,3,5-6,11-15,18,23,25-26,30,34,38,41H,2,4,7-10,16-17,19-22,24H2;1H/q+1;/p-1/b3-1-;/t25-,26+,30+,34-,35+,36+,40+;/m1./s1. The lowest BCUT2D eigenvalue weighted by Gasteiger charge is -2.59. The molecule has 6 aliphatic rings. The lowest BCUT2D eigenvalue weighted by atomic mass is 9.54. The zero-order chi connectivity index (χ0) is 27.2. The minimum atomic E-state index is -0.855. The fourth-order valence-corrected chi connectivity index (χ4v) is 11.1. The molecule has 1 aromatic carbocycles. The van der Waals surface area contributed by atoms with Gasteiger partial charge in [0.1, 0.15) is 23.7 Å². The average Bonchev–Trinajstić information content (AvgIpc) is 3.71. The summed E-state index contributed by atoms with van der Waals surface area (Å²) in [6.45, 7) is 4.68. The molecule has 3 aromatic rings. The fraction of sp³-hybridized carbons (Fsp3) is 0.528. The Kier molecular flexibility index (Phi) is 6.32. The predicted octanol–water partition coefficient (Wildman–Crippen LogP) is 3.37. The SMILES string of the molecule is O[C@]12C=C(c3nccc4c3[nH]c3ccccc34)[C@@H]3CCN(CCCC/C=C\CC1)C[C@@]31C[C@@H]3C=C[C@H]4CCC[N@+]43[C@H]12.[Cl-]. The molecule has 0 saturated carbocycles. The summed E-state index contributed by atoms with van der Waals surface area (Å²) in [5, 5.41) is 15.8. The second kappa shape index (κ2) is 9.79. The maximum atomic E-state index is 13.3. The van der Waals surface area contributed by atoms with Crippen molar-refractivity contribution in [2.24, 2.45) is 11.3 Å². The van der Waals surface area contributed by atoms with Crippen molar-refractivity contribution in [3.63, 3.8) is 0 Å². The second-order valence-electron chi connectivity index (χ2n) is 14.2. The van der Waals surface area contributed by atoms with E-state index in [0.29, 0.717) is 18.0 Å². The largest absolute Gasteiger partial charge is 1.00 e. The highest BCUT2D eigenvalue weighted by molar-refractivity contribution is 6.09. The van der Waals surface area contributed by atoms with E-state index in [1.165, 1.54) is 67.1 Å². The molecule has 0 amide bonds. The molecule has 6 heteroatoms. The number of fused-ring (bicyclic) bond motifs is 4. The van der Waals surface area contributed by atoms with Gasteiger partial charge in [0.2, 0.25) is 0 Å². The molecule has 2 spiro atoms. The molecule has 1 aliphatic carbocycles. The van der Waals surface area contributed by atoms with Crippen molar-refractivity contribution < 1.29 is 22.0 Å². The molecule has 3 saturated heterocycles. The first kappa shape index (κ1) is 27.1. The number of H-pyrrole nitrogens is 1. The van der Waals surface area contributed by atoms with Gasteiger partial charge in [-0.05, 0) is 93.5 Å². The molecule has 2 N–H and O–H groups in total. The van der Waals surface area contributed by atoms with E-state index in [9.17, 15) is 5.11 Å². The van der Waals surface area contributed by atoms with E-state index in [-0.39, 0.29) is 23.9 Å². The number of hydrogen-bond acceptors (Lipinski definition) is 3. The summed E-state index contributed by atoms with van der Waals surface area (Å²) in [6.07, 6.45) is 24.6. The van der Waals surface area contributed by atoms with Crippen molar-refractivity contribution in [3.05, 3.63) is 72.6 Å². The summed E-state index contributed by atoms with van der Waals surface area (Å²) in [5.74, 6) is 0.418. The number of halogens is 1. The predicted molar refractivity (Wildman–Crippen MR) is 165 cm³/mol. The Morgan fingerprint density at radius 1 is 0.952 bits per heavy atom. The van der Waals surface area contributed by atoms with Gasteiger partial charge in [0.15, 0.2) is 0 Å². The average molecular weight is 583 g/mol. The monoisotopic (exact) mass is 582 g/mol. The van der Waals surface area contributed by atoms with Crippen LogP contribution in [-0.2, 0) is 0 Å². The number of aromatic amines is 1. The number of aliphatic hydroxyl groups is 1. The summed E-state index contributed by atoms with van der Waals surface area (Å²) in [7, 11) is 0. The van der Waals surface area contributed by atoms with Crippen molar-refractivity contribution in [2.45, 2.75) is 81.5 Å². The number of aromatic nitrogens is 2. The molecule has 3 fully saturated rings. The van der Waals surface area contributed by atoms with E-state index < -0.39 is 5.60 Å². The fourth-order valence-electron chi connectivity index (χ4n) is 11.1. The van der Waals surface area contributed by atoms with Crippen molar-refractivity contribution >= 4 is 27.4 Å². The van der Waals surface area contributed by atoms with Crippen molar-refractivity contribution in [1.82, 2.24) is 14.9 Å². The number of allylic oxidation sites excluding steroid dienone is 3. The van der Waals surface area contributed by atoms with Gasteiger partial charge in [-0.2, -0.15) is 0 Å². The Morgan fingerprint density at radius 3 is 2.79 bits per heavy atom. The lowest BCUT2D eigenvalue weighted by molar-refractivity contribution is -0.964. The summed E-state index contributed by atoms with van der Waals surface area (Å²) >= 11 is 0. The van der Waals surface area contributed by atoms with E-state index >= 15 is 0 Å². The highest BCUT2D eigenvalue weighted by Gasteiger charge is 2.76. The van der Waals surface area contributed by atoms with Gasteiger partial charge in [-0.15, -0.1) is 0 Å². The molecule has 3 bridgehead atoms. The van der Waals surface area contributed by atoms with Gasteiger partial charge in [-0.25, -0.2) is 0 Å². The van der Waals surface area contributed by atoms with Gasteiger partial charge >= 0.3 is 0 Å². The highest BCUT2D eigenvalue weighted by Crippen LogP contribution is 2.66. The maximum Gasteiger partial charge on any atom is 0.136 e. The van der Waals surface area contributed by atoms with Crippen molar-refractivity contribution in [3.8, 4) is 0 Å². The van der Waals surface area contributed by atoms with Gasteiger partial charge in [0, 0.05) is 48.3 Å². The molecular formula is C36H43ClN4O. The van der Waals surface area contributed by atoms with Crippen LogP contribution in [0.1, 0.15) is 63.5 Å². The first-order valence-electron chi connectivity index (χ1n) is 16.4. The van der Waals surface area contributed by atoms with E-state index in [2.05, 4.69) is 70.6 Å². The Morgan fingerprint density at radius 2 is 1.83 bits per heavy atom. The number of nitrogens with one attached hydrogen (secondary N) is 1. The van der Waals surface area contributed by atoms with Crippen molar-refractivity contribution in [2.75, 3.05) is 26.2 Å². The number of benzene rings is 1. The van der Waals surface area contributed by atoms with Crippen LogP contribution in [0.3, 0.4) is 0 Å². The number of para-hydroxylation sites is 1. The maximum absolute atomic E-state index is 13.3. The molecule has 7 heterocycles. The van der Waals surface area contributed by atoms with Crippen molar-refractivity contribution in [1.29, 1.82) is 0 Å². The third-order valence-corrected chi connectivity index (χ3v) is 12.3. The van der Waals surface area contributed by atoms with Crippen LogP contribution < -0.4 is 12.4 Å². The zero-order valence-electron chi connectivity index (χ0n) is 24.5. The quantitative estimate of drug-likeness (QED) is 0.342. The third-order valence-electron chi connectivity index (χ3n) is 12.3. The molecule has 9 rings (SSSR count). The van der Waals surface area contributed by atoms with Crippen LogP contribution in [0, 0.1) is 11.3 Å². The first-order valence-corrected chi connectivity index (χ1v) is 16.4. The molecule has 220 valence electrons. The van der Waals surface area contributed by atoms with Gasteiger partial charge in [0.25, 0.3) is 0 Å². The van der Waals surface area contributed by atoms with Gasteiger partial charge in [-0.1, -0.05) is 30.4 Å². The smallest absolute Gasteiger partial charge is 0.136 e. The van der Waals surface area contributed by atoms with Crippen LogP contribution in [0.5, 0.6) is 0 Å². The zero-order valence-corrected chi connectivity index (χ0v) is 25.3. The molecule has 42 heavy (non-hydrogen) atoms. The first-order chi connectivity index (χ1) is 20.1. The van der Waals surface area contributed by atoms with Crippen LogP contribution in [0.2, 0.25) is 0 Å². The van der Waals surface area contributed by atoms with E-state index in [1.54, 1.807) is 0 Å². The van der Waals surface area contributed by atoms with Crippen LogP contribution >= 0.6 is 0 Å². The summed E-state index contributed by atoms with van der Waals surface area (Å²) in [5.41, 5.74) is 3.90. The Balaban J connectivity index is 0.00000267. The second-order valence-corrected chi connectivity index (χ2v) is 14.2. The molecule has 1 unspecified atom stereocenters. The van der Waals surface area contributed by atoms with Gasteiger partial charge < -0.3 is 31.9 Å².